The number of amides is 1. The van der Waals surface area contributed by atoms with Crippen molar-refractivity contribution in [2.24, 2.45) is 5.41 Å². The highest BCUT2D eigenvalue weighted by molar-refractivity contribution is 7.90. The fraction of sp³-hybridized carbons (Fsp3) is 0.349. The normalized spacial score (nSPS) is 18.1. The van der Waals surface area contributed by atoms with Crippen molar-refractivity contribution >= 4 is 71.0 Å². The Morgan fingerprint density at radius 3 is 2.53 bits per heavy atom. The van der Waals surface area contributed by atoms with E-state index in [4.69, 9.17) is 21.1 Å². The number of hydrogen-bond donors (Lipinski definition) is 3. The summed E-state index contributed by atoms with van der Waals surface area (Å²) in [5.41, 5.74) is 4.70. The van der Waals surface area contributed by atoms with Crippen molar-refractivity contribution in [3.63, 3.8) is 0 Å². The van der Waals surface area contributed by atoms with Crippen LogP contribution in [0.15, 0.2) is 89.6 Å². The molecule has 3 aromatic carbocycles. The van der Waals surface area contributed by atoms with E-state index in [-0.39, 0.29) is 40.5 Å². The van der Waals surface area contributed by atoms with E-state index < -0.39 is 47.3 Å². The summed E-state index contributed by atoms with van der Waals surface area (Å²) < 4.78 is 65.2. The Labute approximate surface area is 364 Å². The van der Waals surface area contributed by atoms with E-state index in [9.17, 15) is 31.7 Å². The van der Waals surface area contributed by atoms with Crippen LogP contribution in [-0.2, 0) is 19.9 Å². The lowest BCUT2D eigenvalue weighted by molar-refractivity contribution is -0.384. The predicted octanol–water partition coefficient (Wildman–Crippen LogP) is 7.04. The van der Waals surface area contributed by atoms with Crippen LogP contribution in [0.3, 0.4) is 0 Å². The van der Waals surface area contributed by atoms with Gasteiger partial charge in [-0.2, -0.15) is 0 Å². The number of carbonyl (C=O) groups is 1. The second-order valence-corrected chi connectivity index (χ2v) is 21.1. The molecule has 4 heterocycles. The monoisotopic (exact) mass is 903 g/mol. The van der Waals surface area contributed by atoms with Crippen molar-refractivity contribution in [1.82, 2.24) is 19.6 Å². The number of nitro benzene ring substituents is 1. The summed E-state index contributed by atoms with van der Waals surface area (Å²) in [6.45, 7) is 8.25. The molecule has 2 aliphatic heterocycles. The Balaban J connectivity index is 1.03. The molecule has 62 heavy (non-hydrogen) atoms. The highest BCUT2D eigenvalue weighted by Gasteiger charge is 2.34. The molecule has 5 aromatic rings. The summed E-state index contributed by atoms with van der Waals surface area (Å²) in [7, 11) is -8.21. The Bertz CT molecular complexity index is 2820. The summed E-state index contributed by atoms with van der Waals surface area (Å²) in [6, 6.07) is 17.6. The largest absolute Gasteiger partial charge is 0.489 e. The zero-order valence-corrected chi connectivity index (χ0v) is 36.7. The maximum atomic E-state index is 13.9. The number of piperazine rings is 1. The Kier molecular flexibility index (Phi) is 11.7. The van der Waals surface area contributed by atoms with Gasteiger partial charge in [0.1, 0.15) is 33.6 Å². The minimum atomic E-state index is -4.73. The zero-order valence-electron chi connectivity index (χ0n) is 34.3. The number of ether oxygens (including phenoxy) is 2. The number of aromatic amines is 1. The van der Waals surface area contributed by atoms with E-state index in [0.29, 0.717) is 29.5 Å². The summed E-state index contributed by atoms with van der Waals surface area (Å²) in [4.78, 5) is 36.7. The topological polar surface area (TPSA) is 206 Å². The van der Waals surface area contributed by atoms with Crippen LogP contribution in [0.25, 0.3) is 16.6 Å². The van der Waals surface area contributed by atoms with E-state index in [2.05, 4.69) is 51.1 Å². The van der Waals surface area contributed by atoms with Crippen molar-refractivity contribution in [2.75, 3.05) is 61.6 Å². The number of sulfonamides is 1. The fourth-order valence-electron chi connectivity index (χ4n) is 8.24. The summed E-state index contributed by atoms with van der Waals surface area (Å²) >= 11 is 6.23. The van der Waals surface area contributed by atoms with Gasteiger partial charge in [-0.25, -0.2) is 26.5 Å². The molecule has 3 aliphatic rings. The van der Waals surface area contributed by atoms with Gasteiger partial charge in [0.25, 0.3) is 21.6 Å². The third-order valence-electron chi connectivity index (χ3n) is 11.4. The number of fused-ring (bicyclic) bond motifs is 2. The van der Waals surface area contributed by atoms with Gasteiger partial charge in [-0.05, 0) is 72.2 Å². The highest BCUT2D eigenvalue weighted by Crippen LogP contribution is 2.44. The minimum absolute atomic E-state index is 0.0674. The Morgan fingerprint density at radius 2 is 1.81 bits per heavy atom. The van der Waals surface area contributed by atoms with E-state index in [1.54, 1.807) is 24.4 Å². The lowest BCUT2D eigenvalue weighted by Gasteiger charge is -2.39. The molecule has 1 fully saturated rings. The zero-order chi connectivity index (χ0) is 44.0. The van der Waals surface area contributed by atoms with Crippen molar-refractivity contribution in [1.29, 1.82) is 0 Å². The van der Waals surface area contributed by atoms with Crippen LogP contribution in [-0.4, -0.2) is 99.9 Å². The van der Waals surface area contributed by atoms with Crippen molar-refractivity contribution in [3.8, 4) is 17.2 Å². The standard InChI is InChI=1S/C43H46ClN7O9S2/c1-43(2)12-10-29(36(22-43)27-4-6-30(44)7-5-27)24-49-14-16-50(17-15-49)32-8-9-35(38(19-32)60-33-18-28-11-13-45-41(28)46-23-33)42(52)48-62(57,58)34-20-37(51(53)54)40-39(21-34)59-25-31(47-40)26-61(3,55)56/h4-9,11,13,18-21,23,31,47H,10,12,14-17,22,24-26H2,1-3H3,(H,45,46)(H,48,52)/t31-/m0/s1. The smallest absolute Gasteiger partial charge is 0.297 e. The third kappa shape index (κ3) is 9.67. The molecule has 0 spiro atoms. The molecule has 0 saturated carbocycles. The second-order valence-electron chi connectivity index (χ2n) is 16.8. The first kappa shape index (κ1) is 43.0. The van der Waals surface area contributed by atoms with Crippen LogP contribution in [0.5, 0.6) is 17.2 Å². The molecule has 1 saturated heterocycles. The van der Waals surface area contributed by atoms with Gasteiger partial charge < -0.3 is 24.7 Å². The molecular formula is C43H46ClN7O9S2. The average molecular weight is 904 g/mol. The van der Waals surface area contributed by atoms with Gasteiger partial charge in [-0.3, -0.25) is 19.8 Å². The molecule has 0 radical (unpaired) electrons. The van der Waals surface area contributed by atoms with Crippen LogP contribution in [0.2, 0.25) is 5.02 Å². The lowest BCUT2D eigenvalue weighted by atomic mass is 9.72. The molecule has 19 heteroatoms. The highest BCUT2D eigenvalue weighted by atomic mass is 35.5. The van der Waals surface area contributed by atoms with Gasteiger partial charge in [0.05, 0.1) is 33.4 Å². The first-order valence-electron chi connectivity index (χ1n) is 20.1. The number of H-pyrrole nitrogens is 1. The van der Waals surface area contributed by atoms with Gasteiger partial charge >= 0.3 is 0 Å². The first-order valence-corrected chi connectivity index (χ1v) is 24.0. The molecule has 8 rings (SSSR count). The lowest BCUT2D eigenvalue weighted by Crippen LogP contribution is -2.47. The van der Waals surface area contributed by atoms with E-state index in [1.165, 1.54) is 29.0 Å². The first-order chi connectivity index (χ1) is 29.4. The number of nitrogens with one attached hydrogen (secondary N) is 3. The van der Waals surface area contributed by atoms with Gasteiger partial charge in [0, 0.05) is 79.5 Å². The number of carbonyl (C=O) groups excluding carboxylic acids is 1. The number of rotatable bonds is 12. The number of allylic oxidation sites excluding steroid dienone is 1. The van der Waals surface area contributed by atoms with Gasteiger partial charge in [0.15, 0.2) is 11.4 Å². The number of nitro groups is 1. The Hall–Kier alpha value is -5.69. The number of nitrogens with zero attached hydrogens (tertiary/aromatic N) is 4. The molecular weight excluding hydrogens is 858 g/mol. The van der Waals surface area contributed by atoms with Crippen LogP contribution in [0.1, 0.15) is 49.0 Å². The van der Waals surface area contributed by atoms with E-state index >= 15 is 0 Å². The van der Waals surface area contributed by atoms with Crippen molar-refractivity contribution in [2.45, 2.75) is 44.0 Å². The summed E-state index contributed by atoms with van der Waals surface area (Å²) in [6.07, 6.45) is 7.38. The SMILES string of the molecule is CC1(C)CCC(CN2CCN(c3ccc(C(=O)NS(=O)(=O)c4cc5c(c([N+](=O)[O-])c4)N[C@H](CS(C)(=O)=O)CO5)c(Oc4cnc5[nH]ccc5c4)c3)CC2)=C(c2ccc(Cl)cc2)C1. The van der Waals surface area contributed by atoms with Gasteiger partial charge in [0.2, 0.25) is 0 Å². The molecule has 0 unspecified atom stereocenters. The van der Waals surface area contributed by atoms with Crippen LogP contribution >= 0.6 is 11.6 Å². The number of pyridine rings is 1. The number of halogens is 1. The minimum Gasteiger partial charge on any atom is -0.489 e. The van der Waals surface area contributed by atoms with Crippen LogP contribution < -0.4 is 24.4 Å². The molecule has 1 atom stereocenters. The number of hydrogen-bond acceptors (Lipinski definition) is 13. The molecule has 16 nitrogen and oxygen atoms in total. The quantitative estimate of drug-likeness (QED) is 0.0850. The molecule has 2 aromatic heterocycles. The molecule has 1 aliphatic carbocycles. The molecule has 3 N–H and O–H groups in total. The number of anilines is 2. The molecule has 326 valence electrons. The second kappa shape index (κ2) is 16.9. The maximum absolute atomic E-state index is 13.9. The maximum Gasteiger partial charge on any atom is 0.297 e. The van der Waals surface area contributed by atoms with E-state index in [1.807, 2.05) is 22.9 Å². The Morgan fingerprint density at radius 1 is 1.05 bits per heavy atom. The number of sulfone groups is 1. The van der Waals surface area contributed by atoms with Crippen molar-refractivity contribution < 1.29 is 36.0 Å². The fourth-order valence-corrected chi connectivity index (χ4v) is 10.3. The van der Waals surface area contributed by atoms with Gasteiger partial charge in [-0.1, -0.05) is 43.2 Å². The van der Waals surface area contributed by atoms with Crippen LogP contribution in [0.4, 0.5) is 17.1 Å². The van der Waals surface area contributed by atoms with Crippen LogP contribution in [0, 0.1) is 15.5 Å². The number of aromatic nitrogens is 2. The molecule has 1 amide bonds. The number of benzene rings is 3. The van der Waals surface area contributed by atoms with E-state index in [0.717, 1.165) is 68.4 Å². The molecule has 0 bridgehead atoms. The van der Waals surface area contributed by atoms with Gasteiger partial charge in [-0.15, -0.1) is 0 Å². The average Bonchev–Trinajstić information content (AvgIpc) is 3.69. The third-order valence-corrected chi connectivity index (χ3v) is 14.0. The summed E-state index contributed by atoms with van der Waals surface area (Å²) in [5, 5.41) is 16.4. The summed E-state index contributed by atoms with van der Waals surface area (Å²) in [5.74, 6) is -1.21. The predicted molar refractivity (Wildman–Crippen MR) is 238 cm³/mol. The van der Waals surface area contributed by atoms with Crippen molar-refractivity contribution in [3.05, 3.63) is 111 Å².